The lowest BCUT2D eigenvalue weighted by Crippen LogP contribution is -2.28. The highest BCUT2D eigenvalue weighted by Crippen LogP contribution is 2.25. The van der Waals surface area contributed by atoms with Crippen LogP contribution in [0.3, 0.4) is 0 Å². The Hall–Kier alpha value is -1.45. The lowest BCUT2D eigenvalue weighted by Gasteiger charge is -2.26. The van der Waals surface area contributed by atoms with Crippen LogP contribution in [-0.4, -0.2) is 17.7 Å². The van der Waals surface area contributed by atoms with E-state index in [4.69, 9.17) is 10.5 Å². The molecule has 18 heavy (non-hydrogen) atoms. The van der Waals surface area contributed by atoms with E-state index in [1.807, 2.05) is 18.2 Å². The molecule has 1 aromatic carbocycles. The van der Waals surface area contributed by atoms with E-state index < -0.39 is 0 Å². The predicted molar refractivity (Wildman–Crippen MR) is 74.4 cm³/mol. The van der Waals surface area contributed by atoms with Gasteiger partial charge >= 0.3 is 0 Å². The molecule has 3 nitrogen and oxygen atoms in total. The molecule has 1 atom stereocenters. The molecule has 96 valence electrons. The highest BCUT2D eigenvalue weighted by Gasteiger charge is 2.21. The van der Waals surface area contributed by atoms with Gasteiger partial charge in [-0.3, -0.25) is 4.98 Å². The summed E-state index contributed by atoms with van der Waals surface area (Å²) in [6.45, 7) is 4.10. The third kappa shape index (κ3) is 2.86. The quantitative estimate of drug-likeness (QED) is 0.899. The fraction of sp³-hybridized carbons (Fsp3) is 0.400. The van der Waals surface area contributed by atoms with E-state index in [1.165, 1.54) is 0 Å². The maximum atomic E-state index is 6.25. The SMILES string of the molecule is COC(C)(C)CC(N)c1ccc2ncccc2c1. The molecule has 2 N–H and O–H groups in total. The molecule has 2 rings (SSSR count). The minimum absolute atomic E-state index is 0.0236. The van der Waals surface area contributed by atoms with Gasteiger partial charge in [-0.1, -0.05) is 12.1 Å². The third-order valence-electron chi connectivity index (χ3n) is 3.32. The zero-order chi connectivity index (χ0) is 13.2. The monoisotopic (exact) mass is 244 g/mol. The Bertz CT molecular complexity index is 537. The first-order valence-corrected chi connectivity index (χ1v) is 6.17. The van der Waals surface area contributed by atoms with Crippen molar-refractivity contribution in [1.82, 2.24) is 4.98 Å². The molecule has 0 bridgehead atoms. The second-order valence-electron chi connectivity index (χ2n) is 5.23. The Labute approximate surface area is 108 Å². The first-order valence-electron chi connectivity index (χ1n) is 6.17. The van der Waals surface area contributed by atoms with Crippen molar-refractivity contribution in [2.75, 3.05) is 7.11 Å². The fourth-order valence-corrected chi connectivity index (χ4v) is 2.06. The molecule has 1 unspecified atom stereocenters. The van der Waals surface area contributed by atoms with Crippen LogP contribution < -0.4 is 5.73 Å². The minimum Gasteiger partial charge on any atom is -0.379 e. The van der Waals surface area contributed by atoms with E-state index in [9.17, 15) is 0 Å². The molecular formula is C15H20N2O. The van der Waals surface area contributed by atoms with Crippen molar-refractivity contribution >= 4 is 10.9 Å². The maximum absolute atomic E-state index is 6.25. The van der Waals surface area contributed by atoms with E-state index in [-0.39, 0.29) is 11.6 Å². The smallest absolute Gasteiger partial charge is 0.0702 e. The third-order valence-corrected chi connectivity index (χ3v) is 3.32. The van der Waals surface area contributed by atoms with Gasteiger partial charge in [0.2, 0.25) is 0 Å². The normalized spacial score (nSPS) is 13.8. The topological polar surface area (TPSA) is 48.1 Å². The zero-order valence-corrected chi connectivity index (χ0v) is 11.2. The number of aromatic nitrogens is 1. The van der Waals surface area contributed by atoms with Crippen LogP contribution in [0.1, 0.15) is 31.9 Å². The number of nitrogens with zero attached hydrogens (tertiary/aromatic N) is 1. The molecule has 0 saturated heterocycles. The van der Waals surface area contributed by atoms with Gasteiger partial charge in [-0.05, 0) is 44.0 Å². The molecule has 1 aromatic heterocycles. The first kappa shape index (κ1) is 13.0. The van der Waals surface area contributed by atoms with E-state index in [0.29, 0.717) is 0 Å². The molecule has 0 aliphatic heterocycles. The standard InChI is InChI=1S/C15H20N2O/c1-15(2,18-3)10-13(16)11-6-7-14-12(9-11)5-4-8-17-14/h4-9,13H,10,16H2,1-3H3. The van der Waals surface area contributed by atoms with Gasteiger partial charge in [0.1, 0.15) is 0 Å². The Balaban J connectivity index is 2.25. The van der Waals surface area contributed by atoms with Crippen molar-refractivity contribution in [3.63, 3.8) is 0 Å². The van der Waals surface area contributed by atoms with Crippen LogP contribution in [0.25, 0.3) is 10.9 Å². The van der Waals surface area contributed by atoms with Gasteiger partial charge in [-0.15, -0.1) is 0 Å². The molecule has 0 aliphatic rings. The summed E-state index contributed by atoms with van der Waals surface area (Å²) >= 11 is 0. The average molecular weight is 244 g/mol. The summed E-state index contributed by atoms with van der Waals surface area (Å²) < 4.78 is 5.42. The van der Waals surface area contributed by atoms with Crippen molar-refractivity contribution in [2.24, 2.45) is 5.73 Å². The largest absolute Gasteiger partial charge is 0.379 e. The summed E-state index contributed by atoms with van der Waals surface area (Å²) in [6.07, 6.45) is 2.59. The number of fused-ring (bicyclic) bond motifs is 1. The molecule has 0 aliphatic carbocycles. The van der Waals surface area contributed by atoms with Crippen molar-refractivity contribution < 1.29 is 4.74 Å². The lowest BCUT2D eigenvalue weighted by molar-refractivity contribution is 0.00996. The number of ether oxygens (including phenoxy) is 1. The summed E-state index contributed by atoms with van der Waals surface area (Å²) in [7, 11) is 1.72. The van der Waals surface area contributed by atoms with Crippen LogP contribution in [0, 0.1) is 0 Å². The van der Waals surface area contributed by atoms with Crippen molar-refractivity contribution in [1.29, 1.82) is 0 Å². The molecule has 2 aromatic rings. The van der Waals surface area contributed by atoms with Gasteiger partial charge in [0.15, 0.2) is 0 Å². The number of benzene rings is 1. The fourth-order valence-electron chi connectivity index (χ4n) is 2.06. The molecule has 0 spiro atoms. The number of rotatable bonds is 4. The zero-order valence-electron chi connectivity index (χ0n) is 11.2. The van der Waals surface area contributed by atoms with E-state index in [1.54, 1.807) is 13.3 Å². The first-order chi connectivity index (χ1) is 8.52. The number of hydrogen-bond donors (Lipinski definition) is 1. The van der Waals surface area contributed by atoms with Crippen molar-refractivity contribution in [2.45, 2.75) is 31.9 Å². The molecule has 0 amide bonds. The Morgan fingerprint density at radius 1 is 1.33 bits per heavy atom. The summed E-state index contributed by atoms with van der Waals surface area (Å²) in [6, 6.07) is 10.1. The van der Waals surface area contributed by atoms with Crippen molar-refractivity contribution in [3.05, 3.63) is 42.1 Å². The summed E-state index contributed by atoms with van der Waals surface area (Å²) in [4.78, 5) is 4.31. The van der Waals surface area contributed by atoms with Gasteiger partial charge < -0.3 is 10.5 Å². The lowest BCUT2D eigenvalue weighted by atomic mass is 9.93. The summed E-state index contributed by atoms with van der Waals surface area (Å²) in [5, 5.41) is 1.13. The summed E-state index contributed by atoms with van der Waals surface area (Å²) in [5.41, 5.74) is 8.17. The molecule has 1 heterocycles. The van der Waals surface area contributed by atoms with Crippen LogP contribution >= 0.6 is 0 Å². The molecule has 0 radical (unpaired) electrons. The van der Waals surface area contributed by atoms with E-state index in [0.717, 1.165) is 22.9 Å². The van der Waals surface area contributed by atoms with Crippen molar-refractivity contribution in [3.8, 4) is 0 Å². The number of nitrogens with two attached hydrogens (primary N) is 1. The Kier molecular flexibility index (Phi) is 3.64. The second kappa shape index (κ2) is 5.04. The second-order valence-corrected chi connectivity index (χ2v) is 5.23. The summed E-state index contributed by atoms with van der Waals surface area (Å²) in [5.74, 6) is 0. The highest BCUT2D eigenvalue weighted by atomic mass is 16.5. The average Bonchev–Trinajstić information content (AvgIpc) is 2.37. The van der Waals surface area contributed by atoms with Gasteiger partial charge in [0.05, 0.1) is 11.1 Å². The van der Waals surface area contributed by atoms with Crippen LogP contribution in [0.2, 0.25) is 0 Å². The number of pyridine rings is 1. The maximum Gasteiger partial charge on any atom is 0.0702 e. The van der Waals surface area contributed by atoms with Crippen LogP contribution in [-0.2, 0) is 4.74 Å². The van der Waals surface area contributed by atoms with Gasteiger partial charge in [0, 0.05) is 24.7 Å². The number of hydrogen-bond acceptors (Lipinski definition) is 3. The van der Waals surface area contributed by atoms with Gasteiger partial charge in [0.25, 0.3) is 0 Å². The Morgan fingerprint density at radius 3 is 2.83 bits per heavy atom. The van der Waals surface area contributed by atoms with Crippen LogP contribution in [0.15, 0.2) is 36.5 Å². The van der Waals surface area contributed by atoms with Crippen LogP contribution in [0.4, 0.5) is 0 Å². The molecular weight excluding hydrogens is 224 g/mol. The van der Waals surface area contributed by atoms with Gasteiger partial charge in [-0.2, -0.15) is 0 Å². The van der Waals surface area contributed by atoms with E-state index in [2.05, 4.69) is 31.0 Å². The predicted octanol–water partition coefficient (Wildman–Crippen LogP) is 3.05. The molecule has 0 fully saturated rings. The van der Waals surface area contributed by atoms with Gasteiger partial charge in [-0.25, -0.2) is 0 Å². The number of methoxy groups -OCH3 is 1. The molecule has 0 saturated carbocycles. The Morgan fingerprint density at radius 2 is 2.11 bits per heavy atom. The highest BCUT2D eigenvalue weighted by molar-refractivity contribution is 5.79. The van der Waals surface area contributed by atoms with Crippen LogP contribution in [0.5, 0.6) is 0 Å². The minimum atomic E-state index is -0.205. The molecule has 3 heteroatoms. The van der Waals surface area contributed by atoms with E-state index >= 15 is 0 Å².